The van der Waals surface area contributed by atoms with Crippen molar-refractivity contribution in [3.63, 3.8) is 0 Å². The number of carbonyl (C=O) groups is 12. The van der Waals surface area contributed by atoms with Gasteiger partial charge in [-0.1, -0.05) is 108 Å². The molecule has 0 saturated carbocycles. The van der Waals surface area contributed by atoms with Gasteiger partial charge in [0.25, 0.3) is 11.8 Å². The maximum absolute atomic E-state index is 15.4. The number of nitrogens with one attached hydrogen (secondary N) is 9. The molecule has 4 heterocycles. The van der Waals surface area contributed by atoms with Crippen LogP contribution in [-0.4, -0.2) is 346 Å². The van der Waals surface area contributed by atoms with E-state index in [1.807, 2.05) is 0 Å². The lowest BCUT2D eigenvalue weighted by Crippen LogP contribution is -2.67. The number of cyclic esters (lactones) is 1. The van der Waals surface area contributed by atoms with Crippen molar-refractivity contribution in [2.75, 3.05) is 33.4 Å². The van der Waals surface area contributed by atoms with Crippen molar-refractivity contribution in [1.29, 1.82) is 0 Å². The molecule has 2 aromatic rings. The number of rotatable bonds is 36. The summed E-state index contributed by atoms with van der Waals surface area (Å²) in [6.07, 6.45) is -28.3. The van der Waals surface area contributed by atoms with Crippen molar-refractivity contribution in [3.05, 3.63) is 71.4 Å². The van der Waals surface area contributed by atoms with Crippen LogP contribution in [0.15, 0.2) is 60.3 Å². The molecule has 0 aliphatic carbocycles. The van der Waals surface area contributed by atoms with Crippen molar-refractivity contribution in [2.45, 2.75) is 316 Å². The minimum atomic E-state index is -2.41. The molecular weight excluding hydrogens is 1650 g/mol. The lowest BCUT2D eigenvalue weighted by atomic mass is 9.96. The van der Waals surface area contributed by atoms with E-state index in [9.17, 15) is 110 Å². The molecule has 44 nitrogen and oxygen atoms in total. The number of unbranched alkanes of at least 4 members (excludes halogenated alkanes) is 10. The fourth-order valence-corrected chi connectivity index (χ4v) is 14.4. The van der Waals surface area contributed by atoms with Gasteiger partial charge in [-0.05, 0) is 82.9 Å². The summed E-state index contributed by atoms with van der Waals surface area (Å²) in [4.78, 5) is 174. The lowest BCUT2D eigenvalue weighted by Gasteiger charge is -2.46. The van der Waals surface area contributed by atoms with Crippen LogP contribution < -0.4 is 53.6 Å². The number of aliphatic hydroxyl groups excluding tert-OH is 12. The molecule has 4 saturated heterocycles. The van der Waals surface area contributed by atoms with Crippen LogP contribution in [0.2, 0.25) is 0 Å². The van der Waals surface area contributed by atoms with Crippen LogP contribution >= 0.6 is 0 Å². The molecule has 6 unspecified atom stereocenters. The number of amides is 11. The Kier molecular flexibility index (Phi) is 42.5. The van der Waals surface area contributed by atoms with E-state index >= 15 is 19.2 Å². The van der Waals surface area contributed by atoms with Gasteiger partial charge >= 0.3 is 5.97 Å². The molecule has 25 N–H and O–H groups in total. The summed E-state index contributed by atoms with van der Waals surface area (Å²) >= 11 is 0. The van der Waals surface area contributed by atoms with Crippen LogP contribution in [0.25, 0.3) is 0 Å². The first-order valence-electron chi connectivity index (χ1n) is 41.7. The molecule has 0 aromatic heterocycles. The van der Waals surface area contributed by atoms with E-state index in [0.717, 1.165) is 99.1 Å². The van der Waals surface area contributed by atoms with E-state index in [2.05, 4.69) is 54.8 Å². The highest BCUT2D eigenvalue weighted by Crippen LogP contribution is 2.31. The normalized spacial score (nSPS) is 30.5. The highest BCUT2D eigenvalue weighted by atomic mass is 16.7. The molecule has 27 atom stereocenters. The van der Waals surface area contributed by atoms with E-state index < -0.39 is 294 Å². The largest absolute Gasteiger partial charge is 0.508 e. The third-order valence-electron chi connectivity index (χ3n) is 21.7. The number of esters is 1. The van der Waals surface area contributed by atoms with Crippen molar-refractivity contribution in [2.24, 2.45) is 5.73 Å². The number of aromatic hydroxyl groups is 2. The lowest BCUT2D eigenvalue weighted by molar-refractivity contribution is -0.339. The van der Waals surface area contributed by atoms with E-state index in [-0.39, 0.29) is 35.5 Å². The van der Waals surface area contributed by atoms with Crippen LogP contribution in [0.3, 0.4) is 0 Å². The number of phenolic OH excluding ortho intramolecular Hbond substituents is 2. The van der Waals surface area contributed by atoms with Gasteiger partial charge in [0.2, 0.25) is 53.2 Å². The summed E-state index contributed by atoms with van der Waals surface area (Å²) in [5.74, 6) is -15.9. The molecule has 4 aliphatic rings. The number of benzene rings is 2. The second-order valence-electron chi connectivity index (χ2n) is 31.6. The topological polar surface area (TPSA) is 690 Å². The molecule has 4 aliphatic heterocycles. The summed E-state index contributed by atoms with van der Waals surface area (Å²) in [5.41, 5.74) is 5.19. The zero-order valence-electron chi connectivity index (χ0n) is 71.0. The molecule has 0 radical (unpaired) electrons. The zero-order valence-corrected chi connectivity index (χ0v) is 71.0. The first-order valence-corrected chi connectivity index (χ1v) is 41.7. The Morgan fingerprint density at radius 3 is 1.73 bits per heavy atom. The summed E-state index contributed by atoms with van der Waals surface area (Å²) in [6, 6.07) is -6.20. The second-order valence-corrected chi connectivity index (χ2v) is 31.6. The van der Waals surface area contributed by atoms with Gasteiger partial charge < -0.3 is 163 Å². The number of nitrogens with zero attached hydrogens (tertiary/aromatic N) is 1. The number of phenols is 2. The Morgan fingerprint density at radius 2 is 1.18 bits per heavy atom. The average molecular weight is 1780 g/mol. The van der Waals surface area contributed by atoms with Crippen LogP contribution in [0, 0.1) is 0 Å². The Bertz CT molecular complexity index is 3890. The highest BCUT2D eigenvalue weighted by Gasteiger charge is 2.52. The molecule has 11 amide bonds. The van der Waals surface area contributed by atoms with Gasteiger partial charge in [-0.2, -0.15) is 0 Å². The summed E-state index contributed by atoms with van der Waals surface area (Å²) < 4.78 is 41.0. The van der Waals surface area contributed by atoms with Crippen LogP contribution in [0.4, 0.5) is 0 Å². The Morgan fingerprint density at radius 1 is 0.632 bits per heavy atom. The molecule has 6 rings (SSSR count). The maximum atomic E-state index is 15.4. The van der Waals surface area contributed by atoms with Gasteiger partial charge in [-0.15, -0.1) is 0 Å². The SMILES string of the molecule is C/C=C1\NC(=O)[C@@H](Cc2ccc(O)cc2)NC(=O)[C@H]([C@H](C)O)NC(=O)[C@@H](NC(=O)C(NC(=O)C(O)C(CCCCCCCCCCCCC)O[C@@H]2OC[C@@H](O)[C@@H](O[C@H]3O[C@@H](CO)[C@H](O)[C@@H](O)[C@@H]3NC(C)=O)[C@@H]2O)C(C)O)[C@@H](C)OC(=O)[C@H](Cc2ccc(O)cc2)NC(=O)C(C(C)O[C@@H]2O[C@@H](CO)[C@H](O)[C@@H](O)[C@H]2O)N(C)C(=O)CNC(=O)[C@@H](CCC(N)=O)NC1=O. The van der Waals surface area contributed by atoms with Crippen LogP contribution in [-0.2, 0) is 104 Å². The number of allylic oxidation sites excluding steroid dienone is 1. The molecule has 0 spiro atoms. The summed E-state index contributed by atoms with van der Waals surface area (Å²) in [7, 11) is 0.993. The molecular formula is C81H125N11O33. The summed E-state index contributed by atoms with van der Waals surface area (Å²) in [5, 5.41) is 174. The number of carbonyl (C=O) groups excluding carboxylic acids is 12. The molecule has 44 heteroatoms. The van der Waals surface area contributed by atoms with E-state index in [1.165, 1.54) is 55.5 Å². The molecule has 702 valence electrons. The average Bonchev–Trinajstić information content (AvgIpc) is 0.801. The van der Waals surface area contributed by atoms with Gasteiger partial charge in [0.05, 0.1) is 50.8 Å². The quantitative estimate of drug-likeness (QED) is 0.0171. The van der Waals surface area contributed by atoms with Crippen LogP contribution in [0.1, 0.15) is 149 Å². The summed E-state index contributed by atoms with van der Waals surface area (Å²) in [6.45, 7) is 4.91. The molecule has 0 bridgehead atoms. The third-order valence-corrected chi connectivity index (χ3v) is 21.7. The predicted octanol–water partition coefficient (Wildman–Crippen LogP) is -7.21. The van der Waals surface area contributed by atoms with Crippen molar-refractivity contribution in [3.8, 4) is 11.5 Å². The van der Waals surface area contributed by atoms with Crippen molar-refractivity contribution >= 4 is 70.9 Å². The number of primary amides is 1. The number of nitrogens with two attached hydrogens (primary N) is 1. The van der Waals surface area contributed by atoms with E-state index in [1.54, 1.807) is 0 Å². The van der Waals surface area contributed by atoms with E-state index in [0.29, 0.717) is 17.7 Å². The van der Waals surface area contributed by atoms with E-state index in [4.69, 9.17) is 38.9 Å². The Balaban J connectivity index is 1.44. The van der Waals surface area contributed by atoms with Crippen LogP contribution in [0.5, 0.6) is 11.5 Å². The first kappa shape index (κ1) is 104. The van der Waals surface area contributed by atoms with Crippen molar-refractivity contribution < 1.29 is 162 Å². The number of hydrogen-bond acceptors (Lipinski definition) is 33. The molecule has 2 aromatic carbocycles. The van der Waals surface area contributed by atoms with Gasteiger partial charge in [-0.3, -0.25) is 52.7 Å². The second kappa shape index (κ2) is 50.9. The minimum Gasteiger partial charge on any atom is -0.508 e. The smallest absolute Gasteiger partial charge is 0.329 e. The predicted molar refractivity (Wildman–Crippen MR) is 432 cm³/mol. The highest BCUT2D eigenvalue weighted by molar-refractivity contribution is 6.02. The van der Waals surface area contributed by atoms with Gasteiger partial charge in [0, 0.05) is 33.2 Å². The Labute approximate surface area is 721 Å². The minimum absolute atomic E-state index is 0.133. The zero-order chi connectivity index (χ0) is 92.8. The third kappa shape index (κ3) is 31.0. The maximum Gasteiger partial charge on any atom is 0.329 e. The first-order chi connectivity index (χ1) is 59.1. The fraction of sp³-hybridized carbons (Fsp3) is 0.679. The number of hydrogen-bond donors (Lipinski definition) is 24. The Hall–Kier alpha value is -9.30. The number of ether oxygens (including phenoxy) is 7. The fourth-order valence-electron chi connectivity index (χ4n) is 14.4. The molecule has 125 heavy (non-hydrogen) atoms. The van der Waals surface area contributed by atoms with Crippen molar-refractivity contribution in [1.82, 2.24) is 52.8 Å². The van der Waals surface area contributed by atoms with Gasteiger partial charge in [-0.25, -0.2) is 4.79 Å². The van der Waals surface area contributed by atoms with Gasteiger partial charge in [0.1, 0.15) is 133 Å². The monoisotopic (exact) mass is 1780 g/mol. The number of aliphatic hydroxyl groups is 12. The van der Waals surface area contributed by atoms with Gasteiger partial charge in [0.15, 0.2) is 25.0 Å². The number of likely N-dealkylation sites (N-methyl/N-ethyl adjacent to an activating group) is 1. The molecule has 4 fully saturated rings. The standard InChI is InChI=1S/C81H125N11O33/c1-9-11-12-13-14-15-16-17-18-19-20-21-52(122-80-68(109)69(51(100)37-119-80)125-79-60(84-42(7)97)65(106)62(103)53(35-93)123-79)64(105)77(117)90-58(39(4)96)74(114)91-59-40(5)120-78(118)50(33-44-24-28-46(99)29-25-44)88-76(116)61(41(6)121-81-67(108)66(107)63(104)54(36-94)124-81)92(8)56(102)34-83-70(110)48(30-31-55(82)101)86-71(111)47(10-2)85-72(112)49(32-43-22-26-45(98)27-23-43)87-73(113)57(38(3)95)89-75(59)115/h10,22-29,38-41,48-54,57-69,79-81,93-96,98-100,103-109H,9,11-21,30-37H2,1-8H3,(H2,82,101)(H,83,110)(H,84,97)(H,85,112)(H,86,111)(H,87,113)(H,88,116)(H,89,115)(H,90,117)(H,91,114)/b47-10-/t38-,39?,40+,41?,48+,49+,50-,51+,52?,53-,54-,57-,58?,59-,60-,61?,62-,63-,64?,65-,66+,67+,68-,69+,79+,80-,81+/m0/s1.